The number of aryl methyl sites for hydroxylation is 1. The van der Waals surface area contributed by atoms with Gasteiger partial charge >= 0.3 is 6.03 Å². The first-order valence-electron chi connectivity index (χ1n) is 5.41. The van der Waals surface area contributed by atoms with Crippen LogP contribution in [0.2, 0.25) is 0 Å². The van der Waals surface area contributed by atoms with Gasteiger partial charge in [-0.15, -0.1) is 0 Å². The molecule has 0 aliphatic heterocycles. The second-order valence-electron chi connectivity index (χ2n) is 3.81. The minimum absolute atomic E-state index is 0.211. The van der Waals surface area contributed by atoms with E-state index in [4.69, 9.17) is 0 Å². The Morgan fingerprint density at radius 2 is 1.94 bits per heavy atom. The second-order valence-corrected chi connectivity index (χ2v) is 3.81. The van der Waals surface area contributed by atoms with E-state index in [0.29, 0.717) is 0 Å². The minimum Gasteiger partial charge on any atom is -0.314 e. The summed E-state index contributed by atoms with van der Waals surface area (Å²) in [7, 11) is 0. The molecule has 16 heavy (non-hydrogen) atoms. The average Bonchev–Trinajstić information content (AvgIpc) is 2.29. The molecule has 0 aliphatic rings. The van der Waals surface area contributed by atoms with Gasteiger partial charge in [0.2, 0.25) is 0 Å². The molecule has 0 saturated heterocycles. The van der Waals surface area contributed by atoms with Gasteiger partial charge in [-0.25, -0.2) is 4.79 Å². The fourth-order valence-electron chi connectivity index (χ4n) is 1.09. The van der Waals surface area contributed by atoms with Crippen LogP contribution in [0.3, 0.4) is 0 Å². The van der Waals surface area contributed by atoms with Crippen LogP contribution in [-0.4, -0.2) is 6.03 Å². The standard InChI is InChI=1S/C13H18N2O/c1-4-10(2)9-14-13(16)15-12-7-5-11(3)6-8-12/h5-9H,4H2,1-3H3,(H2,14,15,16)/b10-9+. The lowest BCUT2D eigenvalue weighted by atomic mass is 10.2. The topological polar surface area (TPSA) is 41.1 Å². The fraction of sp³-hybridized carbons (Fsp3) is 0.308. The van der Waals surface area contributed by atoms with Crippen molar-refractivity contribution in [1.82, 2.24) is 5.32 Å². The van der Waals surface area contributed by atoms with Crippen LogP contribution in [0, 0.1) is 6.92 Å². The lowest BCUT2D eigenvalue weighted by Crippen LogP contribution is -2.24. The van der Waals surface area contributed by atoms with E-state index in [9.17, 15) is 4.79 Å². The van der Waals surface area contributed by atoms with Crippen LogP contribution >= 0.6 is 0 Å². The minimum atomic E-state index is -0.211. The van der Waals surface area contributed by atoms with Crippen LogP contribution < -0.4 is 10.6 Å². The number of hydrogen-bond acceptors (Lipinski definition) is 1. The van der Waals surface area contributed by atoms with Gasteiger partial charge in [-0.2, -0.15) is 0 Å². The molecular formula is C13H18N2O. The van der Waals surface area contributed by atoms with Crippen molar-refractivity contribution in [3.05, 3.63) is 41.6 Å². The molecule has 0 unspecified atom stereocenters. The van der Waals surface area contributed by atoms with Crippen molar-refractivity contribution in [3.63, 3.8) is 0 Å². The van der Waals surface area contributed by atoms with Crippen molar-refractivity contribution >= 4 is 11.7 Å². The third kappa shape index (κ3) is 4.17. The van der Waals surface area contributed by atoms with Crippen LogP contribution in [0.4, 0.5) is 10.5 Å². The monoisotopic (exact) mass is 218 g/mol. The number of nitrogens with one attached hydrogen (secondary N) is 2. The van der Waals surface area contributed by atoms with Crippen LogP contribution in [0.15, 0.2) is 36.0 Å². The summed E-state index contributed by atoms with van der Waals surface area (Å²) < 4.78 is 0. The molecule has 0 bridgehead atoms. The van der Waals surface area contributed by atoms with E-state index in [-0.39, 0.29) is 6.03 Å². The predicted molar refractivity (Wildman–Crippen MR) is 67.4 cm³/mol. The number of urea groups is 1. The predicted octanol–water partition coefficient (Wildman–Crippen LogP) is 3.43. The van der Waals surface area contributed by atoms with Gasteiger partial charge in [-0.1, -0.05) is 30.2 Å². The third-order valence-corrected chi connectivity index (χ3v) is 2.32. The first kappa shape index (κ1) is 12.3. The van der Waals surface area contributed by atoms with Gasteiger partial charge in [0.1, 0.15) is 0 Å². The van der Waals surface area contributed by atoms with Crippen molar-refractivity contribution in [2.24, 2.45) is 0 Å². The molecule has 0 aromatic heterocycles. The van der Waals surface area contributed by atoms with Gasteiger partial charge in [-0.3, -0.25) is 0 Å². The highest BCUT2D eigenvalue weighted by atomic mass is 16.2. The van der Waals surface area contributed by atoms with Crippen molar-refractivity contribution in [2.75, 3.05) is 5.32 Å². The average molecular weight is 218 g/mol. The van der Waals surface area contributed by atoms with Gasteiger partial charge in [0, 0.05) is 11.9 Å². The van der Waals surface area contributed by atoms with Crippen LogP contribution in [-0.2, 0) is 0 Å². The Morgan fingerprint density at radius 1 is 1.31 bits per heavy atom. The molecule has 0 saturated carbocycles. The van der Waals surface area contributed by atoms with E-state index in [0.717, 1.165) is 17.7 Å². The van der Waals surface area contributed by atoms with E-state index in [1.165, 1.54) is 5.56 Å². The number of carbonyl (C=O) groups is 1. The summed E-state index contributed by atoms with van der Waals surface area (Å²) >= 11 is 0. The number of amides is 2. The van der Waals surface area contributed by atoms with Crippen molar-refractivity contribution in [3.8, 4) is 0 Å². The smallest absolute Gasteiger partial charge is 0.314 e. The number of rotatable bonds is 3. The van der Waals surface area contributed by atoms with Gasteiger partial charge in [-0.05, 0) is 32.4 Å². The highest BCUT2D eigenvalue weighted by Crippen LogP contribution is 2.08. The number of carbonyl (C=O) groups excluding carboxylic acids is 1. The maximum absolute atomic E-state index is 11.5. The summed E-state index contributed by atoms with van der Waals surface area (Å²) in [4.78, 5) is 11.5. The maximum atomic E-state index is 11.5. The first-order chi connectivity index (χ1) is 7.61. The molecule has 2 N–H and O–H groups in total. The Morgan fingerprint density at radius 3 is 2.50 bits per heavy atom. The summed E-state index contributed by atoms with van der Waals surface area (Å²) in [6.07, 6.45) is 2.66. The second kappa shape index (κ2) is 5.95. The quantitative estimate of drug-likeness (QED) is 0.801. The van der Waals surface area contributed by atoms with Crippen molar-refractivity contribution < 1.29 is 4.79 Å². The summed E-state index contributed by atoms with van der Waals surface area (Å²) in [5.41, 5.74) is 3.11. The largest absolute Gasteiger partial charge is 0.323 e. The van der Waals surface area contributed by atoms with Gasteiger partial charge < -0.3 is 10.6 Å². The summed E-state index contributed by atoms with van der Waals surface area (Å²) in [6.45, 7) is 6.04. The Hall–Kier alpha value is -1.77. The molecule has 0 spiro atoms. The Bertz CT molecular complexity index is 379. The lowest BCUT2D eigenvalue weighted by molar-refractivity contribution is 0.255. The normalized spacial score (nSPS) is 11.1. The van der Waals surface area contributed by atoms with Crippen LogP contribution in [0.25, 0.3) is 0 Å². The van der Waals surface area contributed by atoms with E-state index in [2.05, 4.69) is 10.6 Å². The highest BCUT2D eigenvalue weighted by molar-refractivity contribution is 5.89. The molecule has 0 heterocycles. The molecule has 2 amide bonds. The zero-order valence-electron chi connectivity index (χ0n) is 10.0. The molecule has 1 aromatic rings. The molecule has 0 fully saturated rings. The number of hydrogen-bond donors (Lipinski definition) is 2. The number of anilines is 1. The van der Waals surface area contributed by atoms with Crippen molar-refractivity contribution in [1.29, 1.82) is 0 Å². The Labute approximate surface area is 96.6 Å². The van der Waals surface area contributed by atoms with E-state index >= 15 is 0 Å². The lowest BCUT2D eigenvalue weighted by Gasteiger charge is -2.05. The van der Waals surface area contributed by atoms with E-state index < -0.39 is 0 Å². The van der Waals surface area contributed by atoms with Gasteiger partial charge in [0.05, 0.1) is 0 Å². The number of benzene rings is 1. The van der Waals surface area contributed by atoms with E-state index in [1.54, 1.807) is 6.20 Å². The van der Waals surface area contributed by atoms with E-state index in [1.807, 2.05) is 45.0 Å². The summed E-state index contributed by atoms with van der Waals surface area (Å²) in [6, 6.07) is 7.47. The molecule has 0 radical (unpaired) electrons. The van der Waals surface area contributed by atoms with Crippen LogP contribution in [0.1, 0.15) is 25.8 Å². The molecular weight excluding hydrogens is 200 g/mol. The number of allylic oxidation sites excluding steroid dienone is 1. The first-order valence-corrected chi connectivity index (χ1v) is 5.41. The summed E-state index contributed by atoms with van der Waals surface area (Å²) in [5, 5.41) is 5.44. The molecule has 0 atom stereocenters. The third-order valence-electron chi connectivity index (χ3n) is 2.32. The maximum Gasteiger partial charge on any atom is 0.323 e. The molecule has 3 nitrogen and oxygen atoms in total. The SMILES string of the molecule is CC/C(C)=C/NC(=O)Nc1ccc(C)cc1. The van der Waals surface area contributed by atoms with Gasteiger partial charge in [0.15, 0.2) is 0 Å². The molecule has 1 aromatic carbocycles. The van der Waals surface area contributed by atoms with Crippen LogP contribution in [0.5, 0.6) is 0 Å². The zero-order valence-corrected chi connectivity index (χ0v) is 10.0. The molecule has 86 valence electrons. The van der Waals surface area contributed by atoms with Crippen molar-refractivity contribution in [2.45, 2.75) is 27.2 Å². The highest BCUT2D eigenvalue weighted by Gasteiger charge is 1.98. The Balaban J connectivity index is 2.49. The Kier molecular flexibility index (Phi) is 4.58. The molecule has 3 heteroatoms. The molecule has 0 aliphatic carbocycles. The summed E-state index contributed by atoms with van der Waals surface area (Å²) in [5.74, 6) is 0. The fourth-order valence-corrected chi connectivity index (χ4v) is 1.09. The van der Waals surface area contributed by atoms with Gasteiger partial charge in [0.25, 0.3) is 0 Å². The zero-order chi connectivity index (χ0) is 12.0. The molecule has 1 rings (SSSR count).